The Morgan fingerprint density at radius 2 is 1.81 bits per heavy atom. The predicted molar refractivity (Wildman–Crippen MR) is 89.6 cm³/mol. The maximum atomic E-state index is 13.3. The van der Waals surface area contributed by atoms with Crippen LogP contribution >= 0.6 is 0 Å². The molecule has 1 aromatic heterocycles. The number of hydrogen-bond donors (Lipinski definition) is 1. The number of rotatable bonds is 3. The molecule has 6 nitrogen and oxygen atoms in total. The number of benzene rings is 1. The van der Waals surface area contributed by atoms with E-state index in [0.717, 1.165) is 23.8 Å². The van der Waals surface area contributed by atoms with Gasteiger partial charge in [0.2, 0.25) is 5.09 Å². The lowest BCUT2D eigenvalue weighted by Gasteiger charge is -2.27. The number of hydrogen-bond acceptors (Lipinski definition) is 4. The second-order valence-electron chi connectivity index (χ2n) is 5.93. The molecule has 2 N–H and O–H groups in total. The Labute approximate surface area is 148 Å². The van der Waals surface area contributed by atoms with Crippen molar-refractivity contribution in [1.29, 1.82) is 0 Å². The van der Waals surface area contributed by atoms with Gasteiger partial charge < -0.3 is 9.32 Å². The first-order valence-corrected chi connectivity index (χ1v) is 9.35. The van der Waals surface area contributed by atoms with Crippen LogP contribution in [0, 0.1) is 11.6 Å². The molecule has 3 rings (SSSR count). The number of carbonyl (C=O) groups is 1. The largest absolute Gasteiger partial charge is 0.438 e. The number of carbonyl (C=O) groups excluding carboxylic acids is 1. The van der Waals surface area contributed by atoms with E-state index in [1.54, 1.807) is 6.08 Å². The van der Waals surface area contributed by atoms with Crippen molar-refractivity contribution in [3.8, 4) is 0 Å². The van der Waals surface area contributed by atoms with Crippen LogP contribution in [0.4, 0.5) is 8.78 Å². The van der Waals surface area contributed by atoms with E-state index in [2.05, 4.69) is 0 Å². The van der Waals surface area contributed by atoms with Crippen molar-refractivity contribution in [2.45, 2.75) is 17.9 Å². The van der Waals surface area contributed by atoms with Crippen LogP contribution in [0.15, 0.2) is 45.4 Å². The highest BCUT2D eigenvalue weighted by molar-refractivity contribution is 7.89. The molecule has 1 aliphatic rings. The summed E-state index contributed by atoms with van der Waals surface area (Å²) in [5.74, 6) is -2.32. The Balaban J connectivity index is 1.66. The summed E-state index contributed by atoms with van der Waals surface area (Å²) in [5.41, 5.74) is 1.56. The van der Waals surface area contributed by atoms with Gasteiger partial charge in [0.1, 0.15) is 0 Å². The minimum absolute atomic E-state index is 0.0953. The van der Waals surface area contributed by atoms with Gasteiger partial charge in [0.25, 0.3) is 15.9 Å². The third-order valence-corrected chi connectivity index (χ3v) is 4.86. The second-order valence-corrected chi connectivity index (χ2v) is 7.42. The summed E-state index contributed by atoms with van der Waals surface area (Å²) in [6.07, 6.45) is 2.90. The van der Waals surface area contributed by atoms with Crippen LogP contribution in [-0.4, -0.2) is 32.3 Å². The van der Waals surface area contributed by atoms with Gasteiger partial charge in [-0.2, -0.15) is 0 Å². The first-order chi connectivity index (χ1) is 12.2. The normalized spacial score (nSPS) is 15.2. The van der Waals surface area contributed by atoms with Crippen molar-refractivity contribution in [3.05, 3.63) is 58.9 Å². The summed E-state index contributed by atoms with van der Waals surface area (Å²) in [6.45, 7) is 0.805. The number of nitrogens with zero attached hydrogens (tertiary/aromatic N) is 1. The highest BCUT2D eigenvalue weighted by Gasteiger charge is 2.24. The second kappa shape index (κ2) is 7.00. The quantitative estimate of drug-likeness (QED) is 0.883. The van der Waals surface area contributed by atoms with Crippen LogP contribution in [0.2, 0.25) is 0 Å². The number of likely N-dealkylation sites (tertiary alicyclic amines) is 1. The number of halogens is 2. The zero-order chi connectivity index (χ0) is 18.9. The molecule has 1 amide bonds. The molecule has 0 radical (unpaired) electrons. The van der Waals surface area contributed by atoms with Gasteiger partial charge >= 0.3 is 0 Å². The summed E-state index contributed by atoms with van der Waals surface area (Å²) in [6, 6.07) is 6.09. The average molecular weight is 382 g/mol. The summed E-state index contributed by atoms with van der Waals surface area (Å²) >= 11 is 0. The van der Waals surface area contributed by atoms with E-state index >= 15 is 0 Å². The van der Waals surface area contributed by atoms with E-state index < -0.39 is 32.7 Å². The maximum absolute atomic E-state index is 13.3. The number of primary sulfonamides is 1. The van der Waals surface area contributed by atoms with Crippen LogP contribution in [0.1, 0.15) is 29.0 Å². The Morgan fingerprint density at radius 3 is 2.38 bits per heavy atom. The summed E-state index contributed by atoms with van der Waals surface area (Å²) in [7, 11) is -4.00. The van der Waals surface area contributed by atoms with Crippen LogP contribution in [0.25, 0.3) is 6.08 Å². The topological polar surface area (TPSA) is 93.6 Å². The molecule has 1 fully saturated rings. The highest BCUT2D eigenvalue weighted by Crippen LogP contribution is 2.23. The van der Waals surface area contributed by atoms with E-state index in [0.29, 0.717) is 31.5 Å². The molecule has 2 heterocycles. The molecule has 2 aromatic rings. The average Bonchev–Trinajstić information content (AvgIpc) is 3.09. The molecule has 0 atom stereocenters. The standard InChI is InChI=1S/C17H16F2N2O4S/c18-13-2-1-12(10-14(13)19)9-11-5-7-21(8-6-11)17(22)15-3-4-16(25-15)26(20,23)24/h1-4,9-10H,5-8H2,(H2,20,23,24). The third-order valence-electron chi connectivity index (χ3n) is 4.08. The minimum atomic E-state index is -4.00. The maximum Gasteiger partial charge on any atom is 0.289 e. The van der Waals surface area contributed by atoms with Gasteiger partial charge in [0.15, 0.2) is 17.4 Å². The van der Waals surface area contributed by atoms with Crippen LogP contribution in [0.5, 0.6) is 0 Å². The van der Waals surface area contributed by atoms with Crippen molar-refractivity contribution in [2.75, 3.05) is 13.1 Å². The predicted octanol–water partition coefficient (Wildman–Crippen LogP) is 2.52. The van der Waals surface area contributed by atoms with E-state index in [-0.39, 0.29) is 5.76 Å². The monoisotopic (exact) mass is 382 g/mol. The van der Waals surface area contributed by atoms with Crippen molar-refractivity contribution in [1.82, 2.24) is 4.90 Å². The number of sulfonamides is 1. The van der Waals surface area contributed by atoms with Gasteiger partial charge in [0.05, 0.1) is 0 Å². The zero-order valence-corrected chi connectivity index (χ0v) is 14.4. The van der Waals surface area contributed by atoms with E-state index in [1.807, 2.05) is 0 Å². The Morgan fingerprint density at radius 1 is 1.12 bits per heavy atom. The number of piperidine rings is 1. The Kier molecular flexibility index (Phi) is 4.92. The molecule has 9 heteroatoms. The molecule has 0 unspecified atom stereocenters. The first-order valence-electron chi connectivity index (χ1n) is 7.80. The Bertz CT molecular complexity index is 972. The van der Waals surface area contributed by atoms with Gasteiger partial charge in [-0.1, -0.05) is 17.7 Å². The van der Waals surface area contributed by atoms with Gasteiger partial charge in [-0.25, -0.2) is 22.3 Å². The molecule has 26 heavy (non-hydrogen) atoms. The molecule has 1 saturated heterocycles. The Hall–Kier alpha value is -2.52. The van der Waals surface area contributed by atoms with Crippen molar-refractivity contribution >= 4 is 22.0 Å². The summed E-state index contributed by atoms with van der Waals surface area (Å²) in [5, 5.41) is 4.49. The summed E-state index contributed by atoms with van der Waals surface area (Å²) < 4.78 is 53.6. The van der Waals surface area contributed by atoms with Gasteiger partial charge in [0, 0.05) is 13.1 Å². The third kappa shape index (κ3) is 4.00. The number of furan rings is 1. The van der Waals surface area contributed by atoms with Crippen LogP contribution in [-0.2, 0) is 10.0 Å². The lowest BCUT2D eigenvalue weighted by atomic mass is 10.0. The van der Waals surface area contributed by atoms with Gasteiger partial charge in [-0.05, 0) is 42.7 Å². The van der Waals surface area contributed by atoms with Crippen LogP contribution < -0.4 is 5.14 Å². The van der Waals surface area contributed by atoms with E-state index in [1.165, 1.54) is 17.0 Å². The minimum Gasteiger partial charge on any atom is -0.438 e. The number of nitrogens with two attached hydrogens (primary N) is 1. The molecule has 138 valence electrons. The van der Waals surface area contributed by atoms with Crippen molar-refractivity contribution < 1.29 is 26.4 Å². The molecule has 0 aliphatic carbocycles. The van der Waals surface area contributed by atoms with Gasteiger partial charge in [-0.3, -0.25) is 4.79 Å². The highest BCUT2D eigenvalue weighted by atomic mass is 32.2. The number of amides is 1. The summed E-state index contributed by atoms with van der Waals surface area (Å²) in [4.78, 5) is 13.9. The fraction of sp³-hybridized carbons (Fsp3) is 0.235. The lowest BCUT2D eigenvalue weighted by Crippen LogP contribution is -2.36. The van der Waals surface area contributed by atoms with E-state index in [4.69, 9.17) is 9.56 Å². The van der Waals surface area contributed by atoms with Crippen molar-refractivity contribution in [3.63, 3.8) is 0 Å². The van der Waals surface area contributed by atoms with Gasteiger partial charge in [-0.15, -0.1) is 0 Å². The van der Waals surface area contributed by atoms with Crippen LogP contribution in [0.3, 0.4) is 0 Å². The molecule has 0 saturated carbocycles. The smallest absolute Gasteiger partial charge is 0.289 e. The molecule has 1 aliphatic heterocycles. The molecular formula is C17H16F2N2O4S. The SMILES string of the molecule is NS(=O)(=O)c1ccc(C(=O)N2CCC(=Cc3ccc(F)c(F)c3)CC2)o1. The molecule has 1 aromatic carbocycles. The molecule has 0 bridgehead atoms. The lowest BCUT2D eigenvalue weighted by molar-refractivity contribution is 0.0706. The molecular weight excluding hydrogens is 366 g/mol. The fourth-order valence-electron chi connectivity index (χ4n) is 2.72. The zero-order valence-electron chi connectivity index (χ0n) is 13.6. The van der Waals surface area contributed by atoms with E-state index in [9.17, 15) is 22.0 Å². The van der Waals surface area contributed by atoms with Crippen molar-refractivity contribution in [2.24, 2.45) is 5.14 Å². The fourth-order valence-corrected chi connectivity index (χ4v) is 3.19. The first kappa shape index (κ1) is 18.3. The molecule has 0 spiro atoms.